The molecule has 5 heteroatoms. The van der Waals surface area contributed by atoms with Crippen molar-refractivity contribution in [2.75, 3.05) is 6.61 Å². The van der Waals surface area contributed by atoms with Gasteiger partial charge in [0.15, 0.2) is 6.29 Å². The SMILES string of the molecule is CCOC(O)C1CCC(CC2CCCCC(C)CC2)C(C(F)(F)F)C1. The molecule has 0 aromatic carbocycles. The van der Waals surface area contributed by atoms with Gasteiger partial charge in [-0.15, -0.1) is 0 Å². The Morgan fingerprint density at radius 1 is 1.04 bits per heavy atom. The second-order valence-electron chi connectivity index (χ2n) is 8.40. The third-order valence-corrected chi connectivity index (χ3v) is 6.46. The minimum Gasteiger partial charge on any atom is -0.368 e. The molecule has 2 fully saturated rings. The average molecular weight is 364 g/mol. The molecular formula is C20H35F3O2. The lowest BCUT2D eigenvalue weighted by atomic mass is 9.69. The van der Waals surface area contributed by atoms with Gasteiger partial charge in [-0.2, -0.15) is 13.2 Å². The summed E-state index contributed by atoms with van der Waals surface area (Å²) in [6, 6.07) is 0. The van der Waals surface area contributed by atoms with Gasteiger partial charge in [0.2, 0.25) is 0 Å². The first kappa shape index (κ1) is 21.0. The van der Waals surface area contributed by atoms with Crippen LogP contribution >= 0.6 is 0 Å². The summed E-state index contributed by atoms with van der Waals surface area (Å²) in [5.41, 5.74) is 0. The van der Waals surface area contributed by atoms with Crippen LogP contribution in [0.1, 0.15) is 78.1 Å². The monoisotopic (exact) mass is 364 g/mol. The first-order chi connectivity index (χ1) is 11.8. The molecule has 6 atom stereocenters. The molecule has 0 aromatic rings. The maximum absolute atomic E-state index is 13.7. The Labute approximate surface area is 150 Å². The van der Waals surface area contributed by atoms with E-state index in [0.29, 0.717) is 37.7 Å². The number of halogens is 3. The quantitative estimate of drug-likeness (QED) is 0.612. The number of aliphatic hydroxyl groups excluding tert-OH is 1. The number of hydrogen-bond acceptors (Lipinski definition) is 2. The van der Waals surface area contributed by atoms with E-state index in [2.05, 4.69) is 6.92 Å². The zero-order chi connectivity index (χ0) is 18.4. The van der Waals surface area contributed by atoms with Gasteiger partial charge < -0.3 is 9.84 Å². The van der Waals surface area contributed by atoms with Crippen LogP contribution in [0, 0.1) is 29.6 Å². The van der Waals surface area contributed by atoms with Crippen LogP contribution in [-0.2, 0) is 4.74 Å². The number of aliphatic hydroxyl groups is 1. The van der Waals surface area contributed by atoms with E-state index in [1.807, 2.05) is 0 Å². The van der Waals surface area contributed by atoms with Crippen molar-refractivity contribution in [3.63, 3.8) is 0 Å². The lowest BCUT2D eigenvalue weighted by Crippen LogP contribution is -2.40. The second kappa shape index (κ2) is 9.59. The molecule has 0 spiro atoms. The second-order valence-corrected chi connectivity index (χ2v) is 8.40. The molecule has 0 radical (unpaired) electrons. The van der Waals surface area contributed by atoms with Gasteiger partial charge in [-0.3, -0.25) is 0 Å². The normalized spacial score (nSPS) is 36.5. The van der Waals surface area contributed by atoms with E-state index < -0.39 is 18.4 Å². The van der Waals surface area contributed by atoms with Crippen molar-refractivity contribution in [2.24, 2.45) is 29.6 Å². The van der Waals surface area contributed by atoms with Crippen LogP contribution in [0.5, 0.6) is 0 Å². The van der Waals surface area contributed by atoms with Gasteiger partial charge in [-0.1, -0.05) is 45.4 Å². The maximum atomic E-state index is 13.7. The molecule has 148 valence electrons. The van der Waals surface area contributed by atoms with Crippen molar-refractivity contribution >= 4 is 0 Å². The highest BCUT2D eigenvalue weighted by Gasteiger charge is 2.49. The summed E-state index contributed by atoms with van der Waals surface area (Å²) in [5.74, 6) is -0.821. The van der Waals surface area contributed by atoms with Crippen LogP contribution in [0.3, 0.4) is 0 Å². The standard InChI is InChI=1S/C20H35F3O2/c1-3-25-19(24)17-11-10-16(18(13-17)20(21,22)23)12-15-7-5-4-6-14(2)8-9-15/h14-19,24H,3-13H2,1-2H3. The molecule has 0 aliphatic heterocycles. The minimum absolute atomic E-state index is 0.0124. The maximum Gasteiger partial charge on any atom is 0.392 e. The Kier molecular flexibility index (Phi) is 8.06. The lowest BCUT2D eigenvalue weighted by Gasteiger charge is -2.40. The lowest BCUT2D eigenvalue weighted by molar-refractivity contribution is -0.218. The molecule has 0 heterocycles. The Hall–Kier alpha value is -0.290. The molecule has 2 nitrogen and oxygen atoms in total. The Morgan fingerprint density at radius 3 is 2.44 bits per heavy atom. The molecule has 0 saturated heterocycles. The van der Waals surface area contributed by atoms with E-state index in [0.717, 1.165) is 25.7 Å². The van der Waals surface area contributed by atoms with Gasteiger partial charge in [-0.05, 0) is 50.4 Å². The van der Waals surface area contributed by atoms with E-state index >= 15 is 0 Å². The highest BCUT2D eigenvalue weighted by molar-refractivity contribution is 4.87. The molecule has 0 aromatic heterocycles. The topological polar surface area (TPSA) is 29.5 Å². The molecule has 2 aliphatic rings. The van der Waals surface area contributed by atoms with Gasteiger partial charge >= 0.3 is 6.18 Å². The van der Waals surface area contributed by atoms with Crippen molar-refractivity contribution in [2.45, 2.75) is 90.5 Å². The van der Waals surface area contributed by atoms with Crippen LogP contribution < -0.4 is 0 Å². The molecule has 25 heavy (non-hydrogen) atoms. The van der Waals surface area contributed by atoms with Crippen LogP contribution in [0.4, 0.5) is 13.2 Å². The molecular weight excluding hydrogens is 329 g/mol. The third-order valence-electron chi connectivity index (χ3n) is 6.46. The zero-order valence-electron chi connectivity index (χ0n) is 15.7. The van der Waals surface area contributed by atoms with Crippen molar-refractivity contribution in [1.82, 2.24) is 0 Å². The van der Waals surface area contributed by atoms with Gasteiger partial charge in [0.25, 0.3) is 0 Å². The summed E-state index contributed by atoms with van der Waals surface area (Å²) in [4.78, 5) is 0. The summed E-state index contributed by atoms with van der Waals surface area (Å²) in [6.07, 6.45) is 3.63. The largest absolute Gasteiger partial charge is 0.392 e. The van der Waals surface area contributed by atoms with Crippen LogP contribution in [0.25, 0.3) is 0 Å². The summed E-state index contributed by atoms with van der Waals surface area (Å²) >= 11 is 0. The highest BCUT2D eigenvalue weighted by Crippen LogP contribution is 2.47. The smallest absolute Gasteiger partial charge is 0.368 e. The van der Waals surface area contributed by atoms with Crippen molar-refractivity contribution in [3.05, 3.63) is 0 Å². The Bertz CT molecular complexity index is 386. The Morgan fingerprint density at radius 2 is 1.76 bits per heavy atom. The van der Waals surface area contributed by atoms with Crippen molar-refractivity contribution < 1.29 is 23.0 Å². The third kappa shape index (κ3) is 6.42. The van der Waals surface area contributed by atoms with E-state index in [4.69, 9.17) is 4.74 Å². The average Bonchev–Trinajstić information content (AvgIpc) is 2.53. The first-order valence-electron chi connectivity index (χ1n) is 10.2. The molecule has 6 unspecified atom stereocenters. The summed E-state index contributed by atoms with van der Waals surface area (Å²) < 4.78 is 46.1. The van der Waals surface area contributed by atoms with Crippen LogP contribution in [0.15, 0.2) is 0 Å². The zero-order valence-corrected chi connectivity index (χ0v) is 15.7. The van der Waals surface area contributed by atoms with E-state index in [1.54, 1.807) is 6.92 Å². The van der Waals surface area contributed by atoms with Gasteiger partial charge in [0, 0.05) is 12.5 Å². The van der Waals surface area contributed by atoms with Crippen molar-refractivity contribution in [1.29, 1.82) is 0 Å². The Balaban J connectivity index is 1.98. The predicted octanol–water partition coefficient (Wildman–Crippen LogP) is 5.93. The van der Waals surface area contributed by atoms with Crippen LogP contribution in [0.2, 0.25) is 0 Å². The molecule has 1 N–H and O–H groups in total. The van der Waals surface area contributed by atoms with Gasteiger partial charge in [0.1, 0.15) is 0 Å². The summed E-state index contributed by atoms with van der Waals surface area (Å²) in [6.45, 7) is 4.35. The number of ether oxygens (including phenoxy) is 1. The molecule has 0 bridgehead atoms. The fourth-order valence-corrected chi connectivity index (χ4v) is 4.91. The fourth-order valence-electron chi connectivity index (χ4n) is 4.91. The summed E-state index contributed by atoms with van der Waals surface area (Å²) in [5, 5.41) is 9.97. The van der Waals surface area contributed by atoms with Crippen molar-refractivity contribution in [3.8, 4) is 0 Å². The number of hydrogen-bond donors (Lipinski definition) is 1. The minimum atomic E-state index is -4.18. The fraction of sp³-hybridized carbons (Fsp3) is 1.00. The van der Waals surface area contributed by atoms with Crippen LogP contribution in [-0.4, -0.2) is 24.2 Å². The molecule has 2 saturated carbocycles. The summed E-state index contributed by atoms with van der Waals surface area (Å²) in [7, 11) is 0. The van der Waals surface area contributed by atoms with E-state index in [9.17, 15) is 18.3 Å². The molecule has 2 rings (SSSR count). The number of alkyl halides is 3. The first-order valence-corrected chi connectivity index (χ1v) is 10.2. The van der Waals surface area contributed by atoms with E-state index in [-0.39, 0.29) is 18.3 Å². The molecule has 2 aliphatic carbocycles. The molecule has 0 amide bonds. The highest BCUT2D eigenvalue weighted by atomic mass is 19.4. The van der Waals surface area contributed by atoms with Gasteiger partial charge in [0.05, 0.1) is 5.92 Å². The van der Waals surface area contributed by atoms with E-state index in [1.165, 1.54) is 12.8 Å². The number of rotatable bonds is 5. The predicted molar refractivity (Wildman–Crippen MR) is 93.0 cm³/mol. The van der Waals surface area contributed by atoms with Gasteiger partial charge in [-0.25, -0.2) is 0 Å².